The molecule has 0 aromatic heterocycles. The molecule has 0 aliphatic carbocycles. The maximum Gasteiger partial charge on any atom is 0.332 e. The van der Waals surface area contributed by atoms with E-state index in [0.717, 1.165) is 4.90 Å². The summed E-state index contributed by atoms with van der Waals surface area (Å²) in [5.74, 6) is 0.207. The third-order valence-corrected chi connectivity index (χ3v) is 7.05. The normalized spacial score (nSPS) is 21.9. The average molecular weight is 484 g/mol. The molecular weight excluding hydrogens is 472 g/mol. The molecule has 2 atom stereocenters. The minimum absolute atomic E-state index is 0.340. The van der Waals surface area contributed by atoms with Crippen LogP contribution in [0.4, 0.5) is 4.79 Å². The van der Waals surface area contributed by atoms with E-state index < -0.39 is 10.9 Å². The zero-order valence-corrected chi connectivity index (χ0v) is 18.1. The summed E-state index contributed by atoms with van der Waals surface area (Å²) >= 11 is 33.8. The third-order valence-electron chi connectivity index (χ3n) is 4.03. The van der Waals surface area contributed by atoms with Crippen molar-refractivity contribution in [3.05, 3.63) is 61.5 Å². The van der Waals surface area contributed by atoms with Crippen molar-refractivity contribution in [2.24, 2.45) is 16.8 Å². The van der Waals surface area contributed by atoms with Crippen molar-refractivity contribution in [1.29, 1.82) is 0 Å². The fourth-order valence-corrected chi connectivity index (χ4v) is 5.91. The molecule has 0 spiro atoms. The number of alkyl halides is 1. The number of thioether (sulfide) groups is 1. The van der Waals surface area contributed by atoms with Crippen LogP contribution in [0.2, 0.25) is 20.1 Å². The van der Waals surface area contributed by atoms with Gasteiger partial charge < -0.3 is 5.73 Å². The van der Waals surface area contributed by atoms with Gasteiger partial charge in [-0.3, -0.25) is 0 Å². The number of nitrogens with one attached hydrogen (secondary N) is 1. The summed E-state index contributed by atoms with van der Waals surface area (Å²) in [6.07, 6.45) is 1.54. The maximum atomic E-state index is 10.9. The number of amides is 2. The number of hydrogen-bond donors (Lipinski definition) is 2. The largest absolute Gasteiger partial charge is 0.350 e. The van der Waals surface area contributed by atoms with Crippen molar-refractivity contribution in [1.82, 2.24) is 5.43 Å². The van der Waals surface area contributed by atoms with E-state index in [1.54, 1.807) is 30.3 Å². The van der Waals surface area contributed by atoms with Gasteiger partial charge in [-0.05, 0) is 41.5 Å². The molecule has 2 aromatic rings. The van der Waals surface area contributed by atoms with Crippen LogP contribution < -0.4 is 11.2 Å². The van der Waals surface area contributed by atoms with Crippen LogP contribution in [0, 0.1) is 5.92 Å². The molecule has 4 nitrogen and oxygen atoms in total. The van der Waals surface area contributed by atoms with E-state index >= 15 is 0 Å². The van der Waals surface area contributed by atoms with Crippen LogP contribution in [0.5, 0.6) is 0 Å². The number of hydrogen-bond acceptors (Lipinski definition) is 3. The Morgan fingerprint density at radius 3 is 2.41 bits per heavy atom. The highest BCUT2D eigenvalue weighted by Gasteiger charge is 2.45. The fraction of sp³-hybridized carbons (Fsp3) is 0.176. The van der Waals surface area contributed by atoms with E-state index in [1.165, 1.54) is 18.0 Å². The SMILES string of the molecule is NC(=O)NN=CC1CSc2c(Cl)cc(Cl)cc2C1(Cl)c1cc(Cl)cc(Cl)c1. The molecule has 27 heavy (non-hydrogen) atoms. The predicted octanol–water partition coefficient (Wildman–Crippen LogP) is 6.16. The third kappa shape index (κ3) is 4.29. The van der Waals surface area contributed by atoms with E-state index in [4.69, 9.17) is 63.7 Å². The van der Waals surface area contributed by atoms with Crippen molar-refractivity contribution in [3.8, 4) is 0 Å². The Morgan fingerprint density at radius 1 is 1.15 bits per heavy atom. The number of fused-ring (bicyclic) bond motifs is 1. The highest BCUT2D eigenvalue weighted by atomic mass is 35.5. The van der Waals surface area contributed by atoms with Gasteiger partial charge in [0.2, 0.25) is 0 Å². The van der Waals surface area contributed by atoms with E-state index in [-0.39, 0.29) is 5.92 Å². The lowest BCUT2D eigenvalue weighted by Gasteiger charge is -2.39. The molecule has 3 N–H and O–H groups in total. The highest BCUT2D eigenvalue weighted by molar-refractivity contribution is 7.99. The minimum Gasteiger partial charge on any atom is -0.350 e. The molecule has 1 heterocycles. The number of rotatable bonds is 3. The molecule has 2 unspecified atom stereocenters. The number of carbonyl (C=O) groups excluding carboxylic acids is 1. The van der Waals surface area contributed by atoms with Crippen LogP contribution in [-0.2, 0) is 4.87 Å². The Balaban J connectivity index is 2.21. The summed E-state index contributed by atoms with van der Waals surface area (Å²) in [6, 6.07) is 7.74. The van der Waals surface area contributed by atoms with Gasteiger partial charge >= 0.3 is 6.03 Å². The molecule has 1 aliphatic heterocycles. The van der Waals surface area contributed by atoms with Gasteiger partial charge in [0, 0.05) is 37.8 Å². The second-order valence-corrected chi connectivity index (χ2v) is 9.15. The molecule has 0 saturated carbocycles. The second kappa shape index (κ2) is 8.27. The van der Waals surface area contributed by atoms with Gasteiger partial charge in [-0.2, -0.15) is 5.10 Å². The molecule has 0 saturated heterocycles. The summed E-state index contributed by atoms with van der Waals surface area (Å²) < 4.78 is 0. The molecule has 10 heteroatoms. The molecule has 3 rings (SSSR count). The van der Waals surface area contributed by atoms with Gasteiger partial charge in [0.1, 0.15) is 4.87 Å². The van der Waals surface area contributed by atoms with Gasteiger partial charge in [0.25, 0.3) is 0 Å². The first kappa shape index (κ1) is 20.9. The lowest BCUT2D eigenvalue weighted by molar-refractivity contribution is 0.249. The van der Waals surface area contributed by atoms with Crippen LogP contribution >= 0.6 is 69.8 Å². The Morgan fingerprint density at radius 2 is 1.78 bits per heavy atom. The highest BCUT2D eigenvalue weighted by Crippen LogP contribution is 2.54. The maximum absolute atomic E-state index is 10.9. The van der Waals surface area contributed by atoms with Crippen molar-refractivity contribution in [2.75, 3.05) is 5.75 Å². The van der Waals surface area contributed by atoms with Crippen LogP contribution in [0.3, 0.4) is 0 Å². The summed E-state index contributed by atoms with van der Waals surface area (Å²) in [5, 5.41) is 5.74. The Bertz CT molecular complexity index is 919. The first-order valence-electron chi connectivity index (χ1n) is 7.58. The number of carbonyl (C=O) groups is 1. The zero-order chi connectivity index (χ0) is 19.8. The number of halogens is 5. The first-order chi connectivity index (χ1) is 12.7. The average Bonchev–Trinajstić information content (AvgIpc) is 2.56. The van der Waals surface area contributed by atoms with E-state index in [9.17, 15) is 4.79 Å². The van der Waals surface area contributed by atoms with Crippen LogP contribution in [0.25, 0.3) is 0 Å². The van der Waals surface area contributed by atoms with E-state index in [1.807, 2.05) is 0 Å². The number of nitrogens with two attached hydrogens (primary N) is 1. The van der Waals surface area contributed by atoms with Gasteiger partial charge in [-0.25, -0.2) is 10.2 Å². The van der Waals surface area contributed by atoms with Crippen molar-refractivity contribution in [3.63, 3.8) is 0 Å². The van der Waals surface area contributed by atoms with Crippen LogP contribution in [0.1, 0.15) is 11.1 Å². The number of primary amides is 1. The number of benzene rings is 2. The lowest BCUT2D eigenvalue weighted by Crippen LogP contribution is -2.38. The monoisotopic (exact) mass is 481 g/mol. The molecule has 1 aliphatic rings. The van der Waals surface area contributed by atoms with Gasteiger partial charge in [0.15, 0.2) is 0 Å². The summed E-state index contributed by atoms with van der Waals surface area (Å²) in [4.78, 5) is 10.7. The number of hydrazone groups is 1. The molecule has 2 amide bonds. The van der Waals surface area contributed by atoms with Crippen LogP contribution in [-0.4, -0.2) is 18.0 Å². The summed E-state index contributed by atoms with van der Waals surface area (Å²) in [6.45, 7) is 0. The smallest absolute Gasteiger partial charge is 0.332 e. The van der Waals surface area contributed by atoms with Crippen molar-refractivity contribution in [2.45, 2.75) is 9.77 Å². The van der Waals surface area contributed by atoms with Gasteiger partial charge in [-0.15, -0.1) is 23.4 Å². The Kier molecular flexibility index (Phi) is 6.41. The topological polar surface area (TPSA) is 67.5 Å². The van der Waals surface area contributed by atoms with E-state index in [2.05, 4.69) is 10.5 Å². The fourth-order valence-electron chi connectivity index (χ4n) is 2.94. The zero-order valence-electron chi connectivity index (χ0n) is 13.5. The molecule has 0 fully saturated rings. The minimum atomic E-state index is -1.10. The summed E-state index contributed by atoms with van der Waals surface area (Å²) in [5.41, 5.74) is 8.64. The van der Waals surface area contributed by atoms with Gasteiger partial charge in [-0.1, -0.05) is 46.4 Å². The van der Waals surface area contributed by atoms with Crippen molar-refractivity contribution >= 4 is 82.0 Å². The Hall–Kier alpha value is -0.820. The Labute approximate surface area is 185 Å². The molecule has 2 aromatic carbocycles. The molecule has 0 bridgehead atoms. The van der Waals surface area contributed by atoms with E-state index in [0.29, 0.717) is 37.0 Å². The van der Waals surface area contributed by atoms with Crippen molar-refractivity contribution < 1.29 is 4.79 Å². The number of urea groups is 1. The molecule has 0 radical (unpaired) electrons. The first-order valence-corrected chi connectivity index (χ1v) is 10.5. The van der Waals surface area contributed by atoms with Crippen LogP contribution in [0.15, 0.2) is 40.3 Å². The quantitative estimate of drug-likeness (QED) is 0.312. The standard InChI is InChI=1S/C17H12Cl5N3OS/c18-10-1-8(2-11(19)3-10)17(22)9(6-24-25-16(23)26)7-27-15-13(17)4-12(20)5-14(15)21/h1-6,9H,7H2,(H3,23,25,26). The second-order valence-electron chi connectivity index (χ2n) is 5.81. The lowest BCUT2D eigenvalue weighted by atomic mass is 9.80. The predicted molar refractivity (Wildman–Crippen MR) is 115 cm³/mol. The van der Waals surface area contributed by atoms with Gasteiger partial charge in [0.05, 0.1) is 5.02 Å². The molecular formula is C17H12Cl5N3OS. The summed E-state index contributed by atoms with van der Waals surface area (Å²) in [7, 11) is 0. The number of nitrogens with zero attached hydrogens (tertiary/aromatic N) is 1. The molecule has 142 valence electrons.